The van der Waals surface area contributed by atoms with Gasteiger partial charge in [-0.25, -0.2) is 8.42 Å². The van der Waals surface area contributed by atoms with Gasteiger partial charge in [-0.3, -0.25) is 0 Å². The lowest BCUT2D eigenvalue weighted by Crippen LogP contribution is -2.07. The summed E-state index contributed by atoms with van der Waals surface area (Å²) in [5.41, 5.74) is 0. The summed E-state index contributed by atoms with van der Waals surface area (Å²) in [6.45, 7) is 2.00. The van der Waals surface area contributed by atoms with E-state index < -0.39 is 9.84 Å². The van der Waals surface area contributed by atoms with E-state index in [1.54, 1.807) is 11.3 Å². The third kappa shape index (κ3) is 3.64. The molecule has 0 fully saturated rings. The van der Waals surface area contributed by atoms with Crippen molar-refractivity contribution in [1.82, 2.24) is 0 Å². The Bertz CT molecular complexity index is 423. The molecule has 1 aromatic rings. The molecule has 0 aromatic carbocycles. The van der Waals surface area contributed by atoms with Crippen LogP contribution in [-0.4, -0.2) is 20.4 Å². The van der Waals surface area contributed by atoms with Crippen LogP contribution in [0.15, 0.2) is 10.5 Å². The first-order valence-corrected chi connectivity index (χ1v) is 8.46. The average molecular weight is 362 g/mol. The molecule has 0 aliphatic heterocycles. The molecule has 1 heterocycles. The lowest BCUT2D eigenvalue weighted by atomic mass is 10.4. The maximum Gasteiger partial charge on any atom is 0.148 e. The van der Waals surface area contributed by atoms with Crippen LogP contribution in [0.1, 0.15) is 14.6 Å². The van der Waals surface area contributed by atoms with Crippen LogP contribution in [0.25, 0.3) is 0 Å². The zero-order chi connectivity index (χ0) is 10.9. The van der Waals surface area contributed by atoms with Crippen LogP contribution >= 0.6 is 43.2 Å². The second kappa shape index (κ2) is 4.63. The number of hydrogen-bond donors (Lipinski definition) is 0. The van der Waals surface area contributed by atoms with E-state index in [1.165, 1.54) is 11.1 Å². The van der Waals surface area contributed by atoms with Crippen molar-refractivity contribution >= 4 is 53.0 Å². The Morgan fingerprint density at radius 2 is 2.14 bits per heavy atom. The second-order valence-corrected chi connectivity index (χ2v) is 8.56. The number of thiophene rings is 1. The summed E-state index contributed by atoms with van der Waals surface area (Å²) in [5.74, 6) is 0.131. The van der Waals surface area contributed by atoms with Crippen molar-refractivity contribution in [3.8, 4) is 0 Å². The van der Waals surface area contributed by atoms with Crippen molar-refractivity contribution in [2.75, 3.05) is 12.0 Å². The van der Waals surface area contributed by atoms with Gasteiger partial charge in [-0.05, 0) is 28.9 Å². The van der Waals surface area contributed by atoms with Crippen LogP contribution in [-0.2, 0) is 9.84 Å². The molecule has 0 saturated carbocycles. The molecule has 2 nitrogen and oxygen atoms in total. The lowest BCUT2D eigenvalue weighted by Gasteiger charge is -2.06. The van der Waals surface area contributed by atoms with Gasteiger partial charge < -0.3 is 0 Å². The highest BCUT2D eigenvalue weighted by Crippen LogP contribution is 2.37. The summed E-state index contributed by atoms with van der Waals surface area (Å²) in [6, 6.07) is 2.00. The maximum atomic E-state index is 11.1. The van der Waals surface area contributed by atoms with Gasteiger partial charge in [-0.1, -0.05) is 15.9 Å². The topological polar surface area (TPSA) is 34.1 Å². The predicted molar refractivity (Wildman–Crippen MR) is 68.1 cm³/mol. The van der Waals surface area contributed by atoms with Crippen molar-refractivity contribution < 1.29 is 8.42 Å². The maximum absolute atomic E-state index is 11.1. The summed E-state index contributed by atoms with van der Waals surface area (Å²) in [6.07, 6.45) is 1.25. The molecule has 1 unspecified atom stereocenters. The summed E-state index contributed by atoms with van der Waals surface area (Å²) in [4.78, 5) is 2.09. The predicted octanol–water partition coefficient (Wildman–Crippen LogP) is 3.30. The van der Waals surface area contributed by atoms with Gasteiger partial charge in [0.05, 0.1) is 10.6 Å². The summed E-state index contributed by atoms with van der Waals surface area (Å²) in [5, 5.41) is 0. The van der Waals surface area contributed by atoms with E-state index in [1.807, 2.05) is 13.0 Å². The molecule has 80 valence electrons. The minimum absolute atomic E-state index is 0.120. The van der Waals surface area contributed by atoms with E-state index in [0.29, 0.717) is 0 Å². The van der Waals surface area contributed by atoms with Crippen LogP contribution in [0.4, 0.5) is 0 Å². The molecule has 0 aliphatic carbocycles. The molecule has 1 atom stereocenters. The molecular formula is C8H10Br2O2S2. The summed E-state index contributed by atoms with van der Waals surface area (Å²) >= 11 is 8.40. The van der Waals surface area contributed by atoms with Crippen molar-refractivity contribution in [3.05, 3.63) is 20.3 Å². The SMILES string of the molecule is Cc1cc(Br)c(C(Br)CS(C)(=O)=O)s1. The fraction of sp³-hybridized carbons (Fsp3) is 0.500. The average Bonchev–Trinajstić information content (AvgIpc) is 2.26. The van der Waals surface area contributed by atoms with Crippen LogP contribution < -0.4 is 0 Å². The molecule has 0 spiro atoms. The van der Waals surface area contributed by atoms with Gasteiger partial charge in [0.2, 0.25) is 0 Å². The van der Waals surface area contributed by atoms with Crippen LogP contribution in [0.2, 0.25) is 0 Å². The van der Waals surface area contributed by atoms with Crippen LogP contribution in [0, 0.1) is 6.92 Å². The first-order valence-electron chi connectivity index (χ1n) is 3.87. The Kier molecular flexibility index (Phi) is 4.20. The Balaban J connectivity index is 2.90. The van der Waals surface area contributed by atoms with E-state index in [2.05, 4.69) is 31.9 Å². The molecule has 0 amide bonds. The van der Waals surface area contributed by atoms with E-state index in [4.69, 9.17) is 0 Å². The molecule has 0 N–H and O–H groups in total. The molecule has 0 saturated heterocycles. The van der Waals surface area contributed by atoms with Gasteiger partial charge in [0.25, 0.3) is 0 Å². The molecule has 1 rings (SSSR count). The molecule has 14 heavy (non-hydrogen) atoms. The summed E-state index contributed by atoms with van der Waals surface area (Å²) < 4.78 is 23.2. The molecule has 0 aliphatic rings. The highest BCUT2D eigenvalue weighted by Gasteiger charge is 2.18. The first kappa shape index (κ1) is 12.7. The third-order valence-corrected chi connectivity index (χ3v) is 6.10. The summed E-state index contributed by atoms with van der Waals surface area (Å²) in [7, 11) is -2.94. The van der Waals surface area contributed by atoms with Crippen molar-refractivity contribution in [2.45, 2.75) is 11.8 Å². The second-order valence-electron chi connectivity index (χ2n) is 3.13. The van der Waals surface area contributed by atoms with E-state index in [0.717, 1.165) is 9.35 Å². The Morgan fingerprint density at radius 1 is 1.57 bits per heavy atom. The standard InChI is InChI=1S/C8H10Br2O2S2/c1-5-3-6(9)8(13-5)7(10)4-14(2,11)12/h3,7H,4H2,1-2H3. The van der Waals surface area contributed by atoms with Crippen molar-refractivity contribution in [2.24, 2.45) is 0 Å². The van der Waals surface area contributed by atoms with Gasteiger partial charge >= 0.3 is 0 Å². The molecule has 1 aromatic heterocycles. The Labute approximate surface area is 105 Å². The monoisotopic (exact) mass is 360 g/mol. The number of rotatable bonds is 3. The van der Waals surface area contributed by atoms with Gasteiger partial charge in [0, 0.05) is 20.5 Å². The molecule has 0 bridgehead atoms. The zero-order valence-electron chi connectivity index (χ0n) is 7.75. The minimum atomic E-state index is -2.94. The van der Waals surface area contributed by atoms with E-state index >= 15 is 0 Å². The molecule has 6 heteroatoms. The lowest BCUT2D eigenvalue weighted by molar-refractivity contribution is 0.601. The third-order valence-electron chi connectivity index (χ3n) is 1.57. The van der Waals surface area contributed by atoms with Gasteiger partial charge in [-0.15, -0.1) is 11.3 Å². The highest BCUT2D eigenvalue weighted by molar-refractivity contribution is 9.11. The largest absolute Gasteiger partial charge is 0.229 e. The van der Waals surface area contributed by atoms with E-state index in [-0.39, 0.29) is 10.6 Å². The van der Waals surface area contributed by atoms with Crippen LogP contribution in [0.5, 0.6) is 0 Å². The van der Waals surface area contributed by atoms with Gasteiger partial charge in [0.15, 0.2) is 0 Å². The fourth-order valence-corrected chi connectivity index (χ4v) is 6.04. The Hall–Kier alpha value is 0.610. The van der Waals surface area contributed by atoms with Crippen LogP contribution in [0.3, 0.4) is 0 Å². The fourth-order valence-electron chi connectivity index (χ4n) is 1.06. The normalized spacial score (nSPS) is 14.3. The number of sulfone groups is 1. The highest BCUT2D eigenvalue weighted by atomic mass is 79.9. The van der Waals surface area contributed by atoms with Gasteiger partial charge in [0.1, 0.15) is 9.84 Å². The zero-order valence-corrected chi connectivity index (χ0v) is 12.6. The number of alkyl halides is 1. The van der Waals surface area contributed by atoms with Gasteiger partial charge in [-0.2, -0.15) is 0 Å². The van der Waals surface area contributed by atoms with E-state index in [9.17, 15) is 8.42 Å². The van der Waals surface area contributed by atoms with Crippen molar-refractivity contribution in [1.29, 1.82) is 0 Å². The van der Waals surface area contributed by atoms with Crippen molar-refractivity contribution in [3.63, 3.8) is 0 Å². The molecule has 0 radical (unpaired) electrons. The molecular weight excluding hydrogens is 352 g/mol. The number of hydrogen-bond acceptors (Lipinski definition) is 3. The smallest absolute Gasteiger partial charge is 0.148 e. The number of halogens is 2. The number of aryl methyl sites for hydroxylation is 1. The Morgan fingerprint density at radius 3 is 2.50 bits per heavy atom. The first-order chi connectivity index (χ1) is 6.29. The quantitative estimate of drug-likeness (QED) is 0.774. The minimum Gasteiger partial charge on any atom is -0.229 e.